The molecule has 0 aromatic heterocycles. The lowest BCUT2D eigenvalue weighted by Crippen LogP contribution is -2.23. The Morgan fingerprint density at radius 2 is 1.57 bits per heavy atom. The topological polar surface area (TPSA) is 26.0 Å². The van der Waals surface area contributed by atoms with Crippen LogP contribution in [0.4, 0.5) is 26.3 Å². The van der Waals surface area contributed by atoms with E-state index in [-0.39, 0.29) is 30.0 Å². The van der Waals surface area contributed by atoms with Crippen molar-refractivity contribution in [2.75, 3.05) is 0 Å². The summed E-state index contributed by atoms with van der Waals surface area (Å²) in [6.07, 6.45) is -9.17. The van der Waals surface area contributed by atoms with Gasteiger partial charge in [0.2, 0.25) is 0 Å². The molecule has 0 spiro atoms. The standard InChI is InChI=1S/C13H15F6N.ClH/c1-3-7(2)11(20)9-5-4-8(12(14,15)16)6-10(9)13(17,18)19;/h4-7,11H,3,20H2,1-2H3;1H/t7?,11-;/m1./s1. The van der Waals surface area contributed by atoms with Gasteiger partial charge in [-0.3, -0.25) is 0 Å². The minimum absolute atomic E-state index is 0. The average Bonchev–Trinajstić information content (AvgIpc) is 2.34. The van der Waals surface area contributed by atoms with Crippen molar-refractivity contribution >= 4 is 12.4 Å². The number of alkyl halides is 6. The predicted octanol–water partition coefficient (Wildman–Crippen LogP) is 5.19. The van der Waals surface area contributed by atoms with E-state index in [1.807, 2.05) is 0 Å². The predicted molar refractivity (Wildman–Crippen MR) is 70.1 cm³/mol. The molecule has 0 heterocycles. The van der Waals surface area contributed by atoms with E-state index in [4.69, 9.17) is 5.73 Å². The molecule has 0 radical (unpaired) electrons. The first-order valence-electron chi connectivity index (χ1n) is 6.02. The molecule has 2 atom stereocenters. The Hall–Kier alpha value is -0.950. The number of hydrogen-bond acceptors (Lipinski definition) is 1. The molecular formula is C13H16ClF6N. The zero-order chi connectivity index (χ0) is 15.7. The summed E-state index contributed by atoms with van der Waals surface area (Å²) < 4.78 is 76.3. The second-order valence-corrected chi connectivity index (χ2v) is 4.71. The molecule has 8 heteroatoms. The molecule has 21 heavy (non-hydrogen) atoms. The third-order valence-electron chi connectivity index (χ3n) is 3.30. The highest BCUT2D eigenvalue weighted by Crippen LogP contribution is 2.40. The number of halogens is 7. The maximum absolute atomic E-state index is 12.9. The van der Waals surface area contributed by atoms with Crippen LogP contribution in [0.2, 0.25) is 0 Å². The number of nitrogens with two attached hydrogens (primary N) is 1. The van der Waals surface area contributed by atoms with Crippen molar-refractivity contribution < 1.29 is 26.3 Å². The molecule has 0 bridgehead atoms. The second-order valence-electron chi connectivity index (χ2n) is 4.71. The Labute approximate surface area is 124 Å². The van der Waals surface area contributed by atoms with Gasteiger partial charge in [-0.1, -0.05) is 26.3 Å². The van der Waals surface area contributed by atoms with Crippen LogP contribution in [0.5, 0.6) is 0 Å². The Balaban J connectivity index is 0.00000400. The maximum atomic E-state index is 12.9. The normalized spacial score (nSPS) is 15.3. The van der Waals surface area contributed by atoms with Gasteiger partial charge in [0.15, 0.2) is 0 Å². The summed E-state index contributed by atoms with van der Waals surface area (Å²) in [5, 5.41) is 0. The molecule has 122 valence electrons. The molecule has 1 nitrogen and oxygen atoms in total. The van der Waals surface area contributed by atoms with Crippen LogP contribution in [0.3, 0.4) is 0 Å². The van der Waals surface area contributed by atoms with Gasteiger partial charge in [-0.2, -0.15) is 26.3 Å². The fraction of sp³-hybridized carbons (Fsp3) is 0.538. The monoisotopic (exact) mass is 335 g/mol. The van der Waals surface area contributed by atoms with E-state index in [0.717, 1.165) is 6.07 Å². The lowest BCUT2D eigenvalue weighted by atomic mass is 9.89. The molecule has 1 unspecified atom stereocenters. The highest BCUT2D eigenvalue weighted by Gasteiger charge is 2.39. The van der Waals surface area contributed by atoms with E-state index < -0.39 is 29.5 Å². The fourth-order valence-corrected chi connectivity index (χ4v) is 1.83. The fourth-order valence-electron chi connectivity index (χ4n) is 1.83. The molecule has 0 aliphatic rings. The van der Waals surface area contributed by atoms with Crippen LogP contribution in [0, 0.1) is 5.92 Å². The van der Waals surface area contributed by atoms with Crippen LogP contribution < -0.4 is 5.73 Å². The van der Waals surface area contributed by atoms with Crippen LogP contribution >= 0.6 is 12.4 Å². The van der Waals surface area contributed by atoms with E-state index in [1.165, 1.54) is 0 Å². The highest BCUT2D eigenvalue weighted by atomic mass is 35.5. The Kier molecular flexibility index (Phi) is 6.56. The van der Waals surface area contributed by atoms with Gasteiger partial charge in [0.05, 0.1) is 11.1 Å². The molecular weight excluding hydrogens is 320 g/mol. The molecule has 1 aromatic carbocycles. The van der Waals surface area contributed by atoms with Crippen molar-refractivity contribution in [2.24, 2.45) is 11.7 Å². The quantitative estimate of drug-likeness (QED) is 0.756. The van der Waals surface area contributed by atoms with Gasteiger partial charge < -0.3 is 5.73 Å². The molecule has 0 saturated heterocycles. The minimum Gasteiger partial charge on any atom is -0.324 e. The van der Waals surface area contributed by atoms with Gasteiger partial charge in [0.1, 0.15) is 0 Å². The number of rotatable bonds is 3. The molecule has 0 saturated carbocycles. The first kappa shape index (κ1) is 20.1. The van der Waals surface area contributed by atoms with Gasteiger partial charge in [0.25, 0.3) is 0 Å². The van der Waals surface area contributed by atoms with Crippen LogP contribution in [-0.2, 0) is 12.4 Å². The van der Waals surface area contributed by atoms with Crippen molar-refractivity contribution in [3.05, 3.63) is 34.9 Å². The van der Waals surface area contributed by atoms with Gasteiger partial charge in [-0.05, 0) is 23.6 Å². The molecule has 1 rings (SSSR count). The molecule has 1 aromatic rings. The SMILES string of the molecule is CCC(C)[C@@H](N)c1ccc(C(F)(F)F)cc1C(F)(F)F.Cl. The second kappa shape index (κ2) is 6.87. The first-order chi connectivity index (χ1) is 8.98. The largest absolute Gasteiger partial charge is 0.416 e. The average molecular weight is 336 g/mol. The maximum Gasteiger partial charge on any atom is 0.416 e. The lowest BCUT2D eigenvalue weighted by molar-refractivity contribution is -0.143. The summed E-state index contributed by atoms with van der Waals surface area (Å²) in [7, 11) is 0. The van der Waals surface area contributed by atoms with Gasteiger partial charge in [-0.15, -0.1) is 12.4 Å². The van der Waals surface area contributed by atoms with E-state index >= 15 is 0 Å². The Bertz CT molecular complexity index is 469. The van der Waals surface area contributed by atoms with Crippen LogP contribution in [0.15, 0.2) is 18.2 Å². The first-order valence-corrected chi connectivity index (χ1v) is 6.02. The van der Waals surface area contributed by atoms with Crippen LogP contribution in [0.1, 0.15) is 43.0 Å². The van der Waals surface area contributed by atoms with Crippen LogP contribution in [-0.4, -0.2) is 0 Å². The highest BCUT2D eigenvalue weighted by molar-refractivity contribution is 5.85. The van der Waals surface area contributed by atoms with E-state index in [1.54, 1.807) is 13.8 Å². The van der Waals surface area contributed by atoms with Crippen molar-refractivity contribution in [1.82, 2.24) is 0 Å². The Morgan fingerprint density at radius 1 is 1.05 bits per heavy atom. The smallest absolute Gasteiger partial charge is 0.324 e. The summed E-state index contributed by atoms with van der Waals surface area (Å²) in [6.45, 7) is 3.41. The third-order valence-corrected chi connectivity index (χ3v) is 3.30. The summed E-state index contributed by atoms with van der Waals surface area (Å²) >= 11 is 0. The molecule has 0 aliphatic carbocycles. The van der Waals surface area contributed by atoms with E-state index in [2.05, 4.69) is 0 Å². The van der Waals surface area contributed by atoms with Crippen molar-refractivity contribution in [3.63, 3.8) is 0 Å². The zero-order valence-corrected chi connectivity index (χ0v) is 12.2. The van der Waals surface area contributed by atoms with E-state index in [0.29, 0.717) is 12.5 Å². The summed E-state index contributed by atoms with van der Waals surface area (Å²) in [5.74, 6) is -0.271. The third kappa shape index (κ3) is 4.78. The summed E-state index contributed by atoms with van der Waals surface area (Å²) in [5.41, 5.74) is 2.77. The van der Waals surface area contributed by atoms with Crippen LogP contribution in [0.25, 0.3) is 0 Å². The Morgan fingerprint density at radius 3 is 1.95 bits per heavy atom. The number of hydrogen-bond donors (Lipinski definition) is 1. The lowest BCUT2D eigenvalue weighted by Gasteiger charge is -2.23. The minimum atomic E-state index is -4.87. The summed E-state index contributed by atoms with van der Waals surface area (Å²) in [4.78, 5) is 0. The molecule has 0 aliphatic heterocycles. The zero-order valence-electron chi connectivity index (χ0n) is 11.3. The van der Waals surface area contributed by atoms with Crippen molar-refractivity contribution in [3.8, 4) is 0 Å². The molecule has 0 fully saturated rings. The summed E-state index contributed by atoms with van der Waals surface area (Å²) in [6, 6.07) is 0.617. The number of benzene rings is 1. The molecule has 0 amide bonds. The molecule has 2 N–H and O–H groups in total. The van der Waals surface area contributed by atoms with Crippen molar-refractivity contribution in [2.45, 2.75) is 38.7 Å². The van der Waals surface area contributed by atoms with Crippen molar-refractivity contribution in [1.29, 1.82) is 0 Å². The van der Waals surface area contributed by atoms with Gasteiger partial charge >= 0.3 is 12.4 Å². The van der Waals surface area contributed by atoms with E-state index in [9.17, 15) is 26.3 Å². The van der Waals surface area contributed by atoms with Gasteiger partial charge in [-0.25, -0.2) is 0 Å². The van der Waals surface area contributed by atoms with Gasteiger partial charge in [0, 0.05) is 6.04 Å².